The number of nitrogens with zero attached hydrogens (tertiary/aromatic N) is 4. The maximum Gasteiger partial charge on any atom is 0.256 e. The second kappa shape index (κ2) is 13.9. The fourth-order valence-electron chi connectivity index (χ4n) is 6.24. The van der Waals surface area contributed by atoms with Gasteiger partial charge in [-0.2, -0.15) is 0 Å². The van der Waals surface area contributed by atoms with Gasteiger partial charge >= 0.3 is 0 Å². The molecule has 6 aromatic rings. The van der Waals surface area contributed by atoms with Crippen LogP contribution in [0.4, 0.5) is 5.82 Å². The molecular formula is C38H35N5O6. The van der Waals surface area contributed by atoms with E-state index in [1.165, 1.54) is 6.33 Å². The van der Waals surface area contributed by atoms with Gasteiger partial charge in [0, 0.05) is 12.0 Å². The molecule has 3 heterocycles. The van der Waals surface area contributed by atoms with Crippen LogP contribution in [0.5, 0.6) is 11.5 Å². The molecule has 0 bridgehead atoms. The third-order valence-electron chi connectivity index (χ3n) is 8.78. The van der Waals surface area contributed by atoms with Crippen molar-refractivity contribution in [2.24, 2.45) is 0 Å². The van der Waals surface area contributed by atoms with Crippen molar-refractivity contribution in [2.75, 3.05) is 26.1 Å². The van der Waals surface area contributed by atoms with E-state index in [0.717, 1.165) is 28.2 Å². The number of aromatic nitrogens is 4. The molecule has 11 heteroatoms. The zero-order valence-corrected chi connectivity index (χ0v) is 27.0. The van der Waals surface area contributed by atoms with Crippen LogP contribution < -0.4 is 14.8 Å². The Balaban J connectivity index is 1.18. The Morgan fingerprint density at radius 1 is 0.837 bits per heavy atom. The smallest absolute Gasteiger partial charge is 0.256 e. The maximum atomic E-state index is 12.8. The predicted molar refractivity (Wildman–Crippen MR) is 183 cm³/mol. The van der Waals surface area contributed by atoms with Crippen molar-refractivity contribution < 1.29 is 28.8 Å². The second-order valence-electron chi connectivity index (χ2n) is 11.6. The summed E-state index contributed by atoms with van der Waals surface area (Å²) >= 11 is 0. The number of aliphatic hydroxyl groups is 1. The normalized spacial score (nSPS) is 17.6. The Morgan fingerprint density at radius 3 is 2.04 bits per heavy atom. The van der Waals surface area contributed by atoms with Gasteiger partial charge in [0.05, 0.1) is 33.3 Å². The first kappa shape index (κ1) is 32.0. The lowest BCUT2D eigenvalue weighted by molar-refractivity contribution is -0.0931. The number of fused-ring (bicyclic) bond motifs is 1. The van der Waals surface area contributed by atoms with Crippen molar-refractivity contribution in [3.05, 3.63) is 144 Å². The van der Waals surface area contributed by atoms with E-state index in [0.29, 0.717) is 16.7 Å². The van der Waals surface area contributed by atoms with Crippen molar-refractivity contribution >= 4 is 22.9 Å². The monoisotopic (exact) mass is 657 g/mol. The number of nitrogens with one attached hydrogen (secondary N) is 1. The van der Waals surface area contributed by atoms with E-state index in [9.17, 15) is 9.90 Å². The van der Waals surface area contributed by atoms with E-state index in [-0.39, 0.29) is 24.8 Å². The van der Waals surface area contributed by atoms with E-state index in [1.807, 2.05) is 84.9 Å². The number of methoxy groups -OCH3 is 2. The largest absolute Gasteiger partial charge is 0.497 e. The van der Waals surface area contributed by atoms with E-state index in [1.54, 1.807) is 49.4 Å². The van der Waals surface area contributed by atoms with E-state index in [4.69, 9.17) is 18.9 Å². The zero-order valence-electron chi connectivity index (χ0n) is 27.0. The number of benzene rings is 4. The van der Waals surface area contributed by atoms with Gasteiger partial charge in [0.2, 0.25) is 0 Å². The molecule has 2 N–H and O–H groups in total. The molecule has 7 rings (SSSR count). The van der Waals surface area contributed by atoms with Crippen LogP contribution >= 0.6 is 0 Å². The van der Waals surface area contributed by atoms with Gasteiger partial charge in [0.25, 0.3) is 5.91 Å². The predicted octanol–water partition coefficient (Wildman–Crippen LogP) is 5.75. The molecule has 1 amide bonds. The number of carbonyl (C=O) groups excluding carboxylic acids is 1. The summed E-state index contributed by atoms with van der Waals surface area (Å²) in [5.41, 5.74) is 2.94. The van der Waals surface area contributed by atoms with Gasteiger partial charge in [-0.05, 0) is 53.1 Å². The summed E-state index contributed by atoms with van der Waals surface area (Å²) in [6, 6.07) is 34.4. The lowest BCUT2D eigenvalue weighted by atomic mass is 9.80. The lowest BCUT2D eigenvalue weighted by Crippen LogP contribution is -2.38. The molecule has 1 aliphatic heterocycles. The average molecular weight is 658 g/mol. The van der Waals surface area contributed by atoms with Crippen LogP contribution in [0.1, 0.15) is 39.7 Å². The van der Waals surface area contributed by atoms with Gasteiger partial charge < -0.3 is 29.4 Å². The van der Waals surface area contributed by atoms with Gasteiger partial charge in [-0.15, -0.1) is 0 Å². The molecule has 49 heavy (non-hydrogen) atoms. The lowest BCUT2D eigenvalue weighted by Gasteiger charge is -2.37. The van der Waals surface area contributed by atoms with Crippen molar-refractivity contribution in [1.29, 1.82) is 0 Å². The van der Waals surface area contributed by atoms with Crippen LogP contribution in [0.25, 0.3) is 11.2 Å². The Morgan fingerprint density at radius 2 is 1.43 bits per heavy atom. The van der Waals surface area contributed by atoms with Gasteiger partial charge in [-0.3, -0.25) is 9.36 Å². The minimum atomic E-state index is -1.07. The van der Waals surface area contributed by atoms with Crippen molar-refractivity contribution in [1.82, 2.24) is 19.5 Å². The molecule has 0 saturated carbocycles. The first-order chi connectivity index (χ1) is 24.0. The summed E-state index contributed by atoms with van der Waals surface area (Å²) in [6.07, 6.45) is 1.11. The van der Waals surface area contributed by atoms with Crippen molar-refractivity contribution in [3.63, 3.8) is 0 Å². The minimum Gasteiger partial charge on any atom is -0.497 e. The number of rotatable bonds is 11. The number of aliphatic hydroxyl groups excluding tert-OH is 1. The van der Waals surface area contributed by atoms with E-state index < -0.39 is 24.0 Å². The van der Waals surface area contributed by atoms with Crippen LogP contribution in [0.3, 0.4) is 0 Å². The molecule has 2 aromatic heterocycles. The molecule has 1 fully saturated rings. The topological polar surface area (TPSA) is 130 Å². The van der Waals surface area contributed by atoms with Crippen LogP contribution in [-0.4, -0.2) is 63.6 Å². The summed E-state index contributed by atoms with van der Waals surface area (Å²) in [5.74, 6) is 1.41. The molecule has 0 radical (unpaired) electrons. The standard InChI is InChI=1S/C38H35N5O6/c1-46-29-17-13-27(14-18-29)38(26-11-7-4-8-12-26,28-15-19-30(47-2)20-16-28)48-22-32-31(44)21-33(49-32)43-24-41-34-35(39-23-40-36(34)43)42-37(45)25-9-5-3-6-10-25/h3-20,23-24,31-33,44H,21-22H2,1-2H3,(H,39,40,42,45)/t31?,32-,33-/m1/s1. The Kier molecular flexibility index (Phi) is 9.03. The molecule has 0 spiro atoms. The van der Waals surface area contributed by atoms with Crippen molar-refractivity contribution in [3.8, 4) is 11.5 Å². The Bertz CT molecular complexity index is 1970. The Labute approximate surface area is 283 Å². The van der Waals surface area contributed by atoms with E-state index in [2.05, 4.69) is 20.3 Å². The molecule has 3 atom stereocenters. The summed E-state index contributed by atoms with van der Waals surface area (Å²) in [6.45, 7) is 0.0601. The summed E-state index contributed by atoms with van der Waals surface area (Å²) in [4.78, 5) is 26.0. The molecule has 248 valence electrons. The molecule has 11 nitrogen and oxygen atoms in total. The number of imidazole rings is 1. The molecule has 0 aliphatic carbocycles. The highest BCUT2D eigenvalue weighted by Crippen LogP contribution is 2.43. The second-order valence-corrected chi connectivity index (χ2v) is 11.6. The third-order valence-corrected chi connectivity index (χ3v) is 8.78. The van der Waals surface area contributed by atoms with Gasteiger partial charge in [-0.25, -0.2) is 15.0 Å². The van der Waals surface area contributed by atoms with Gasteiger partial charge in [0.1, 0.15) is 35.8 Å². The zero-order chi connectivity index (χ0) is 33.8. The molecule has 1 unspecified atom stereocenters. The van der Waals surface area contributed by atoms with Crippen LogP contribution in [0.15, 0.2) is 122 Å². The number of hydrogen-bond donors (Lipinski definition) is 2. The van der Waals surface area contributed by atoms with Crippen LogP contribution in [0, 0.1) is 0 Å². The molecule has 1 saturated heterocycles. The summed E-state index contributed by atoms with van der Waals surface area (Å²) < 4.78 is 26.1. The number of amides is 1. The first-order valence-electron chi connectivity index (χ1n) is 15.9. The number of anilines is 1. The number of ether oxygens (including phenoxy) is 4. The van der Waals surface area contributed by atoms with Crippen molar-refractivity contribution in [2.45, 2.75) is 30.5 Å². The molecule has 4 aromatic carbocycles. The van der Waals surface area contributed by atoms with Crippen LogP contribution in [0.2, 0.25) is 0 Å². The van der Waals surface area contributed by atoms with E-state index >= 15 is 0 Å². The highest BCUT2D eigenvalue weighted by Gasteiger charge is 2.42. The fourth-order valence-corrected chi connectivity index (χ4v) is 6.24. The number of hydrogen-bond acceptors (Lipinski definition) is 9. The molecular weight excluding hydrogens is 622 g/mol. The SMILES string of the molecule is COc1ccc(C(OC[C@H]2O[C@@H](n3cnc4c(NC(=O)c5ccccc5)ncnc43)CC2O)(c2ccccc2)c2ccc(OC)cc2)cc1. The fraction of sp³-hybridized carbons (Fsp3) is 0.211. The summed E-state index contributed by atoms with van der Waals surface area (Å²) in [5, 5.41) is 14.1. The third kappa shape index (κ3) is 6.22. The molecule has 1 aliphatic rings. The first-order valence-corrected chi connectivity index (χ1v) is 15.9. The average Bonchev–Trinajstić information content (AvgIpc) is 3.76. The van der Waals surface area contributed by atoms with Gasteiger partial charge in [-0.1, -0.05) is 72.8 Å². The minimum absolute atomic E-state index is 0.0601. The maximum absolute atomic E-state index is 12.8. The van der Waals surface area contributed by atoms with Gasteiger partial charge in [0.15, 0.2) is 17.0 Å². The Hall–Kier alpha value is -5.62. The number of carbonyl (C=O) groups is 1. The summed E-state index contributed by atoms with van der Waals surface area (Å²) in [7, 11) is 3.26. The highest BCUT2D eigenvalue weighted by atomic mass is 16.6. The van der Waals surface area contributed by atoms with Crippen LogP contribution in [-0.2, 0) is 15.1 Å². The quantitative estimate of drug-likeness (QED) is 0.167. The highest BCUT2D eigenvalue weighted by molar-refractivity contribution is 6.06.